The molecule has 3 rings (SSSR count). The maximum atomic E-state index is 11.6. The molecule has 6 nitrogen and oxygen atoms in total. The second kappa shape index (κ2) is 4.58. The Bertz CT molecular complexity index is 856. The van der Waals surface area contributed by atoms with Gasteiger partial charge in [0.05, 0.1) is 16.1 Å². The molecule has 0 aliphatic rings. The van der Waals surface area contributed by atoms with E-state index in [1.807, 2.05) is 30.3 Å². The van der Waals surface area contributed by atoms with Crippen molar-refractivity contribution in [2.45, 2.75) is 0 Å². The Morgan fingerprint density at radius 3 is 2.55 bits per heavy atom. The van der Waals surface area contributed by atoms with E-state index in [1.54, 1.807) is 6.07 Å². The summed E-state index contributed by atoms with van der Waals surface area (Å²) in [6.07, 6.45) is 0. The van der Waals surface area contributed by atoms with Gasteiger partial charge in [0.2, 0.25) is 0 Å². The Morgan fingerprint density at radius 2 is 1.85 bits per heavy atom. The zero-order valence-corrected chi connectivity index (χ0v) is 10.2. The molecule has 1 aromatic heterocycles. The van der Waals surface area contributed by atoms with Crippen molar-refractivity contribution in [2.75, 3.05) is 0 Å². The third kappa shape index (κ3) is 2.03. The van der Waals surface area contributed by atoms with E-state index >= 15 is 0 Å². The molecule has 1 heterocycles. The number of nitro benzene ring substituents is 1. The summed E-state index contributed by atoms with van der Waals surface area (Å²) >= 11 is 0. The van der Waals surface area contributed by atoms with Gasteiger partial charge in [-0.1, -0.05) is 30.3 Å². The topological polar surface area (TPSA) is 88.9 Å². The molecule has 0 radical (unpaired) electrons. The fraction of sp³-hybridized carbons (Fsp3) is 0. The van der Waals surface area contributed by atoms with Gasteiger partial charge in [-0.2, -0.15) is 4.98 Å². The van der Waals surface area contributed by atoms with Crippen LogP contribution in [0.5, 0.6) is 0 Å². The number of nitrogens with zero attached hydrogens (tertiary/aromatic N) is 2. The first-order valence-electron chi connectivity index (χ1n) is 5.89. The smallest absolute Gasteiger partial charge is 0.305 e. The van der Waals surface area contributed by atoms with Crippen molar-refractivity contribution in [2.24, 2.45) is 0 Å². The van der Waals surface area contributed by atoms with E-state index in [0.29, 0.717) is 16.6 Å². The number of hydrogen-bond donors (Lipinski definition) is 1. The number of aromatic nitrogens is 2. The molecule has 3 aromatic rings. The van der Waals surface area contributed by atoms with Crippen LogP contribution in [0.1, 0.15) is 0 Å². The highest BCUT2D eigenvalue weighted by atomic mass is 16.6. The Balaban J connectivity index is 2.33. The molecule has 0 spiro atoms. The molecular weight excluding hydrogens is 258 g/mol. The van der Waals surface area contributed by atoms with Gasteiger partial charge in [0.25, 0.3) is 5.69 Å². The molecule has 2 aromatic carbocycles. The van der Waals surface area contributed by atoms with Gasteiger partial charge in [-0.25, -0.2) is 4.79 Å². The van der Waals surface area contributed by atoms with Crippen molar-refractivity contribution in [1.82, 2.24) is 9.97 Å². The summed E-state index contributed by atoms with van der Waals surface area (Å²) < 4.78 is 0. The molecule has 6 heteroatoms. The van der Waals surface area contributed by atoms with Crippen LogP contribution in [0.2, 0.25) is 0 Å². The molecule has 20 heavy (non-hydrogen) atoms. The van der Waals surface area contributed by atoms with Crippen LogP contribution >= 0.6 is 0 Å². The lowest BCUT2D eigenvalue weighted by Crippen LogP contribution is -2.11. The molecule has 0 aliphatic heterocycles. The van der Waals surface area contributed by atoms with Crippen LogP contribution in [0, 0.1) is 10.1 Å². The van der Waals surface area contributed by atoms with Gasteiger partial charge < -0.3 is 4.98 Å². The predicted octanol–water partition coefficient (Wildman–Crippen LogP) is 2.50. The standard InChI is InChI=1S/C14H9N3O3/c18-14-15-12-8-10(17(19)20)6-7-11(12)13(16-14)9-4-2-1-3-5-9/h1-8H,(H,15,16,18). The number of aromatic amines is 1. The lowest BCUT2D eigenvalue weighted by atomic mass is 10.1. The second-order valence-electron chi connectivity index (χ2n) is 4.24. The van der Waals surface area contributed by atoms with Crippen LogP contribution in [0.25, 0.3) is 22.2 Å². The van der Waals surface area contributed by atoms with Crippen LogP contribution < -0.4 is 5.69 Å². The van der Waals surface area contributed by atoms with Crippen molar-refractivity contribution in [1.29, 1.82) is 0 Å². The summed E-state index contributed by atoms with van der Waals surface area (Å²) in [5, 5.41) is 11.5. The number of hydrogen-bond acceptors (Lipinski definition) is 4. The molecule has 0 fully saturated rings. The lowest BCUT2D eigenvalue weighted by Gasteiger charge is -2.05. The van der Waals surface area contributed by atoms with Gasteiger partial charge in [-0.05, 0) is 6.07 Å². The largest absolute Gasteiger partial charge is 0.345 e. The third-order valence-electron chi connectivity index (χ3n) is 2.97. The first kappa shape index (κ1) is 12.0. The van der Waals surface area contributed by atoms with E-state index < -0.39 is 10.6 Å². The zero-order chi connectivity index (χ0) is 14.1. The lowest BCUT2D eigenvalue weighted by molar-refractivity contribution is -0.384. The first-order chi connectivity index (χ1) is 9.65. The highest BCUT2D eigenvalue weighted by Crippen LogP contribution is 2.26. The Morgan fingerprint density at radius 1 is 1.10 bits per heavy atom. The summed E-state index contributed by atoms with van der Waals surface area (Å²) in [4.78, 5) is 28.4. The Kier molecular flexibility index (Phi) is 2.76. The molecular formula is C14H9N3O3. The average Bonchev–Trinajstić information content (AvgIpc) is 2.46. The average molecular weight is 267 g/mol. The minimum atomic E-state index is -0.531. The van der Waals surface area contributed by atoms with Crippen molar-refractivity contribution in [3.05, 3.63) is 69.1 Å². The van der Waals surface area contributed by atoms with E-state index in [2.05, 4.69) is 9.97 Å². The summed E-state index contributed by atoms with van der Waals surface area (Å²) in [6.45, 7) is 0. The predicted molar refractivity (Wildman–Crippen MR) is 74.5 cm³/mol. The van der Waals surface area contributed by atoms with Crippen LogP contribution in [0.15, 0.2) is 53.3 Å². The van der Waals surface area contributed by atoms with Crippen molar-refractivity contribution in [3.8, 4) is 11.3 Å². The molecule has 98 valence electrons. The van der Waals surface area contributed by atoms with Gasteiger partial charge in [0.1, 0.15) is 0 Å². The molecule has 0 amide bonds. The van der Waals surface area contributed by atoms with E-state index in [0.717, 1.165) is 5.56 Å². The molecule has 1 N–H and O–H groups in total. The quantitative estimate of drug-likeness (QED) is 0.570. The number of H-pyrrole nitrogens is 1. The van der Waals surface area contributed by atoms with E-state index in [1.165, 1.54) is 12.1 Å². The summed E-state index contributed by atoms with van der Waals surface area (Å²) in [5.74, 6) is 0. The maximum absolute atomic E-state index is 11.6. The van der Waals surface area contributed by atoms with Crippen molar-refractivity contribution < 1.29 is 4.92 Å². The molecule has 0 saturated heterocycles. The molecule has 0 atom stereocenters. The Hall–Kier alpha value is -3.02. The van der Waals surface area contributed by atoms with E-state index in [4.69, 9.17) is 0 Å². The number of benzene rings is 2. The molecule has 0 unspecified atom stereocenters. The van der Waals surface area contributed by atoms with Gasteiger partial charge >= 0.3 is 5.69 Å². The fourth-order valence-electron chi connectivity index (χ4n) is 2.08. The summed E-state index contributed by atoms with van der Waals surface area (Å²) in [7, 11) is 0. The van der Waals surface area contributed by atoms with Gasteiger partial charge in [0, 0.05) is 23.1 Å². The summed E-state index contributed by atoms with van der Waals surface area (Å²) in [5.41, 5.74) is 1.10. The highest BCUT2D eigenvalue weighted by Gasteiger charge is 2.11. The molecule has 0 bridgehead atoms. The number of fused-ring (bicyclic) bond motifs is 1. The fourth-order valence-corrected chi connectivity index (χ4v) is 2.08. The monoisotopic (exact) mass is 267 g/mol. The van der Waals surface area contributed by atoms with Gasteiger partial charge in [0.15, 0.2) is 0 Å². The maximum Gasteiger partial charge on any atom is 0.345 e. The molecule has 0 aliphatic carbocycles. The van der Waals surface area contributed by atoms with Crippen LogP contribution in [0.3, 0.4) is 0 Å². The second-order valence-corrected chi connectivity index (χ2v) is 4.24. The van der Waals surface area contributed by atoms with Crippen LogP contribution in [-0.4, -0.2) is 14.9 Å². The minimum absolute atomic E-state index is 0.0710. The number of rotatable bonds is 2. The zero-order valence-electron chi connectivity index (χ0n) is 10.2. The van der Waals surface area contributed by atoms with Crippen LogP contribution in [-0.2, 0) is 0 Å². The third-order valence-corrected chi connectivity index (χ3v) is 2.97. The molecule has 0 saturated carbocycles. The van der Waals surface area contributed by atoms with E-state index in [9.17, 15) is 14.9 Å². The number of non-ortho nitro benzene ring substituents is 1. The summed E-state index contributed by atoms with van der Waals surface area (Å²) in [6, 6.07) is 13.6. The van der Waals surface area contributed by atoms with Gasteiger partial charge in [-0.15, -0.1) is 0 Å². The van der Waals surface area contributed by atoms with Crippen molar-refractivity contribution in [3.63, 3.8) is 0 Å². The Labute approximate surface area is 112 Å². The number of nitro groups is 1. The minimum Gasteiger partial charge on any atom is -0.305 e. The van der Waals surface area contributed by atoms with Gasteiger partial charge in [-0.3, -0.25) is 10.1 Å². The van der Waals surface area contributed by atoms with E-state index in [-0.39, 0.29) is 5.69 Å². The highest BCUT2D eigenvalue weighted by molar-refractivity contribution is 5.93. The SMILES string of the molecule is O=c1nc(-c2ccccc2)c2ccc([N+](=O)[O-])cc2[nH]1. The number of nitrogens with one attached hydrogen (secondary N) is 1. The normalized spacial score (nSPS) is 10.6. The first-order valence-corrected chi connectivity index (χ1v) is 5.89. The van der Waals surface area contributed by atoms with Crippen molar-refractivity contribution >= 4 is 16.6 Å². The van der Waals surface area contributed by atoms with Crippen LogP contribution in [0.4, 0.5) is 5.69 Å².